The van der Waals surface area contributed by atoms with E-state index in [0.29, 0.717) is 23.2 Å². The fourth-order valence-electron chi connectivity index (χ4n) is 3.69. The number of methoxy groups -OCH3 is 2. The number of furan rings is 1. The number of nitrogens with zero attached hydrogens (tertiary/aromatic N) is 2. The summed E-state index contributed by atoms with van der Waals surface area (Å²) in [6.45, 7) is 1.64. The molecule has 3 aromatic rings. The molecule has 1 N–H and O–H groups in total. The Morgan fingerprint density at radius 1 is 1.30 bits per heavy atom. The van der Waals surface area contributed by atoms with Crippen LogP contribution in [0.4, 0.5) is 0 Å². The number of rotatable bonds is 6. The smallest absolute Gasteiger partial charge is 0.292 e. The molecule has 1 aromatic carbocycles. The van der Waals surface area contributed by atoms with Crippen molar-refractivity contribution in [2.24, 2.45) is 0 Å². The third-order valence-electron chi connectivity index (χ3n) is 4.99. The monoisotopic (exact) mass is 388 g/mol. The summed E-state index contributed by atoms with van der Waals surface area (Å²) in [5.41, 5.74) is 1.14. The summed E-state index contributed by atoms with van der Waals surface area (Å²) in [7, 11) is 3.37. The van der Waals surface area contributed by atoms with Gasteiger partial charge in [-0.1, -0.05) is 0 Å². The van der Waals surface area contributed by atoms with E-state index in [9.17, 15) is 0 Å². The first-order chi connectivity index (χ1) is 13.2. The van der Waals surface area contributed by atoms with Crippen molar-refractivity contribution in [3.05, 3.63) is 47.0 Å². The van der Waals surface area contributed by atoms with Crippen LogP contribution in [0.3, 0.4) is 0 Å². The zero-order valence-corrected chi connectivity index (χ0v) is 16.1. The van der Waals surface area contributed by atoms with Crippen molar-refractivity contribution in [3.8, 4) is 23.1 Å². The van der Waals surface area contributed by atoms with Gasteiger partial charge in [0.05, 0.1) is 32.6 Å². The lowest BCUT2D eigenvalue weighted by atomic mass is 10.0. The second-order valence-corrected chi connectivity index (χ2v) is 6.87. The molecule has 0 bridgehead atoms. The minimum absolute atomic E-state index is 0.278. The fourth-order valence-corrected chi connectivity index (χ4v) is 3.87. The van der Waals surface area contributed by atoms with Gasteiger partial charge in [0.1, 0.15) is 17.5 Å². The highest BCUT2D eigenvalue weighted by molar-refractivity contribution is 7.71. The molecule has 7 nitrogen and oxygen atoms in total. The second kappa shape index (κ2) is 7.58. The predicted molar refractivity (Wildman–Crippen MR) is 100 cm³/mol. The van der Waals surface area contributed by atoms with Gasteiger partial charge in [-0.2, -0.15) is 4.68 Å². The first-order valence-electron chi connectivity index (χ1n) is 8.88. The molecule has 3 heterocycles. The predicted octanol–water partition coefficient (Wildman–Crippen LogP) is 2.86. The van der Waals surface area contributed by atoms with E-state index in [0.717, 1.165) is 36.4 Å². The van der Waals surface area contributed by atoms with Gasteiger partial charge >= 0.3 is 0 Å². The Morgan fingerprint density at radius 3 is 2.93 bits per heavy atom. The molecule has 1 saturated heterocycles. The van der Waals surface area contributed by atoms with E-state index in [1.807, 2.05) is 12.1 Å². The Hall–Kier alpha value is -2.58. The van der Waals surface area contributed by atoms with Gasteiger partial charge in [0.25, 0.3) is 10.7 Å². The summed E-state index contributed by atoms with van der Waals surface area (Å²) >= 11 is 5.36. The summed E-state index contributed by atoms with van der Waals surface area (Å²) in [5.74, 6) is 2.68. The van der Waals surface area contributed by atoms with E-state index in [4.69, 9.17) is 30.5 Å². The molecule has 2 atom stereocenters. The number of aromatic nitrogens is 2. The molecule has 0 saturated carbocycles. The third-order valence-corrected chi connectivity index (χ3v) is 5.28. The molecule has 27 heavy (non-hydrogen) atoms. The number of benzene rings is 1. The Kier molecular flexibility index (Phi) is 5.00. The molecule has 8 heteroatoms. The van der Waals surface area contributed by atoms with Crippen molar-refractivity contribution in [2.45, 2.75) is 25.6 Å². The van der Waals surface area contributed by atoms with E-state index < -0.39 is 0 Å². The molecule has 1 fully saturated rings. The highest BCUT2D eigenvalue weighted by Crippen LogP contribution is 2.31. The maximum Gasteiger partial charge on any atom is 0.292 e. The van der Waals surface area contributed by atoms with Crippen molar-refractivity contribution >= 4 is 12.2 Å². The van der Waals surface area contributed by atoms with E-state index in [-0.39, 0.29) is 6.04 Å². The van der Waals surface area contributed by atoms with Gasteiger partial charge in [0, 0.05) is 12.8 Å². The number of quaternary nitrogens is 1. The largest absolute Gasteiger partial charge is 0.497 e. The van der Waals surface area contributed by atoms with Gasteiger partial charge in [-0.25, -0.2) is 0 Å². The number of hydrogen-bond acceptors (Lipinski definition) is 6. The quantitative estimate of drug-likeness (QED) is 0.655. The van der Waals surface area contributed by atoms with Gasteiger partial charge in [0.2, 0.25) is 0 Å². The standard InChI is InChI=1S/C19H21N3O4S/c1-23-13-7-8-16(24-2)14(11-13)15-5-3-9-21(15)12-22-19(27)26-18(20-22)17-6-4-10-25-17/h4,6-8,10-11,15H,3,5,9,12H2,1-2H3/p+1/t15-/m1/s1. The molecule has 1 aliphatic heterocycles. The highest BCUT2D eigenvalue weighted by atomic mass is 32.1. The van der Waals surface area contributed by atoms with Crippen molar-refractivity contribution in [3.63, 3.8) is 0 Å². The Morgan fingerprint density at radius 2 is 2.19 bits per heavy atom. The molecular formula is C19H22N3O4S+. The molecule has 0 radical (unpaired) electrons. The van der Waals surface area contributed by atoms with Crippen LogP contribution in [0.2, 0.25) is 0 Å². The van der Waals surface area contributed by atoms with Gasteiger partial charge in [-0.15, -0.1) is 5.10 Å². The summed E-state index contributed by atoms with van der Waals surface area (Å²) in [6, 6.07) is 9.81. The summed E-state index contributed by atoms with van der Waals surface area (Å²) in [4.78, 5) is 1.70. The van der Waals surface area contributed by atoms with Gasteiger partial charge < -0.3 is 23.2 Å². The summed E-state index contributed by atoms with van der Waals surface area (Å²) in [5, 5.41) is 4.50. The lowest BCUT2D eigenvalue weighted by Gasteiger charge is -2.23. The van der Waals surface area contributed by atoms with Gasteiger partial charge in [0.15, 0.2) is 12.4 Å². The number of nitrogens with one attached hydrogen (secondary N) is 1. The molecule has 2 aromatic heterocycles. The lowest BCUT2D eigenvalue weighted by Crippen LogP contribution is -3.09. The summed E-state index contributed by atoms with van der Waals surface area (Å²) in [6.07, 6.45) is 3.77. The van der Waals surface area contributed by atoms with E-state index in [1.54, 1.807) is 37.3 Å². The van der Waals surface area contributed by atoms with Crippen LogP contribution in [0, 0.1) is 4.84 Å². The molecular weight excluding hydrogens is 366 g/mol. The van der Waals surface area contributed by atoms with Crippen LogP contribution in [0.1, 0.15) is 24.4 Å². The second-order valence-electron chi connectivity index (χ2n) is 6.52. The van der Waals surface area contributed by atoms with Crippen LogP contribution < -0.4 is 14.4 Å². The van der Waals surface area contributed by atoms with Crippen LogP contribution in [-0.4, -0.2) is 30.5 Å². The minimum atomic E-state index is 0.278. The number of likely N-dealkylation sites (tertiary alicyclic amines) is 1. The molecule has 4 rings (SSSR count). The van der Waals surface area contributed by atoms with Crippen LogP contribution >= 0.6 is 12.2 Å². The van der Waals surface area contributed by atoms with Crippen molar-refractivity contribution in [2.75, 3.05) is 20.8 Å². The van der Waals surface area contributed by atoms with Crippen LogP contribution in [0.15, 0.2) is 45.4 Å². The molecule has 0 spiro atoms. The lowest BCUT2D eigenvalue weighted by molar-refractivity contribution is -0.941. The van der Waals surface area contributed by atoms with E-state index in [1.165, 1.54) is 4.90 Å². The Bertz CT molecular complexity index is 964. The maximum atomic E-state index is 5.61. The summed E-state index contributed by atoms with van der Waals surface area (Å²) < 4.78 is 23.7. The Balaban J connectivity index is 1.61. The van der Waals surface area contributed by atoms with Crippen molar-refractivity contribution in [1.29, 1.82) is 0 Å². The zero-order chi connectivity index (χ0) is 18.8. The molecule has 0 aliphatic carbocycles. The number of hydrogen-bond donors (Lipinski definition) is 1. The minimum Gasteiger partial charge on any atom is -0.497 e. The average molecular weight is 388 g/mol. The SMILES string of the molecule is COc1ccc(OC)c([C@H]2CCC[NH+]2Cn2nc(-c3ccco3)oc2=S)c1. The number of ether oxygens (including phenoxy) is 2. The van der Waals surface area contributed by atoms with Crippen molar-refractivity contribution in [1.82, 2.24) is 9.78 Å². The first-order valence-corrected chi connectivity index (χ1v) is 9.28. The molecule has 0 amide bonds. The first kappa shape index (κ1) is 17.8. The van der Waals surface area contributed by atoms with Gasteiger partial charge in [-0.3, -0.25) is 0 Å². The van der Waals surface area contributed by atoms with Gasteiger partial charge in [-0.05, 0) is 42.5 Å². The molecule has 1 unspecified atom stereocenters. The van der Waals surface area contributed by atoms with E-state index in [2.05, 4.69) is 11.2 Å². The zero-order valence-electron chi connectivity index (χ0n) is 15.3. The maximum absolute atomic E-state index is 5.61. The molecule has 1 aliphatic rings. The van der Waals surface area contributed by atoms with E-state index >= 15 is 0 Å². The highest BCUT2D eigenvalue weighted by Gasteiger charge is 2.33. The van der Waals surface area contributed by atoms with Crippen molar-refractivity contribution < 1.29 is 23.2 Å². The topological polar surface area (TPSA) is 67.0 Å². The Labute approximate surface area is 162 Å². The third kappa shape index (κ3) is 3.50. The van der Waals surface area contributed by atoms with Crippen LogP contribution in [0.25, 0.3) is 11.7 Å². The molecule has 142 valence electrons. The van der Waals surface area contributed by atoms with Crippen LogP contribution in [-0.2, 0) is 6.67 Å². The average Bonchev–Trinajstić information content (AvgIpc) is 3.43. The fraction of sp³-hybridized carbons (Fsp3) is 0.368. The normalized spacial score (nSPS) is 19.3. The van der Waals surface area contributed by atoms with Crippen LogP contribution in [0.5, 0.6) is 11.5 Å².